The van der Waals surface area contributed by atoms with Gasteiger partial charge in [0.25, 0.3) is 11.5 Å². The van der Waals surface area contributed by atoms with Gasteiger partial charge in [0, 0.05) is 11.5 Å². The average molecular weight is 342 g/mol. The highest BCUT2D eigenvalue weighted by molar-refractivity contribution is 7.16. The second-order valence-electron chi connectivity index (χ2n) is 5.69. The van der Waals surface area contributed by atoms with Gasteiger partial charge in [-0.1, -0.05) is 43.4 Å². The van der Waals surface area contributed by atoms with Gasteiger partial charge >= 0.3 is 0 Å². The van der Waals surface area contributed by atoms with Gasteiger partial charge in [0.15, 0.2) is 0 Å². The Balaban J connectivity index is 1.96. The molecule has 124 valence electrons. The summed E-state index contributed by atoms with van der Waals surface area (Å²) in [5.74, 6) is -0.0644. The summed E-state index contributed by atoms with van der Waals surface area (Å²) in [4.78, 5) is 29.7. The normalized spacial score (nSPS) is 12.3. The third-order valence-electron chi connectivity index (χ3n) is 3.97. The van der Waals surface area contributed by atoms with Crippen LogP contribution >= 0.6 is 11.3 Å². The van der Waals surface area contributed by atoms with Crippen LogP contribution < -0.4 is 10.9 Å². The number of hydrogen-bond acceptors (Lipinski definition) is 5. The molecule has 1 amide bonds. The Kier molecular flexibility index (Phi) is 4.44. The van der Waals surface area contributed by atoms with Gasteiger partial charge in [-0.15, -0.1) is 0 Å². The largest absolute Gasteiger partial charge is 0.316 e. The monoisotopic (exact) mass is 342 g/mol. The van der Waals surface area contributed by atoms with Crippen molar-refractivity contribution in [1.82, 2.24) is 14.6 Å². The molecule has 3 aromatic rings. The Morgan fingerprint density at radius 2 is 2.12 bits per heavy atom. The number of aryl methyl sites for hydroxylation is 1. The molecule has 0 saturated carbocycles. The molecule has 0 aliphatic carbocycles. The van der Waals surface area contributed by atoms with Crippen LogP contribution in [0.4, 0.5) is 5.69 Å². The maximum absolute atomic E-state index is 12.6. The quantitative estimate of drug-likeness (QED) is 0.790. The molecule has 24 heavy (non-hydrogen) atoms. The number of carbonyl (C=O) groups excluding carboxylic acids is 1. The van der Waals surface area contributed by atoms with E-state index < -0.39 is 0 Å². The number of fused-ring (bicyclic) bond motifs is 1. The van der Waals surface area contributed by atoms with Crippen LogP contribution in [0.5, 0.6) is 0 Å². The summed E-state index contributed by atoms with van der Waals surface area (Å²) >= 11 is 1.40. The summed E-state index contributed by atoms with van der Waals surface area (Å²) < 4.78 is 1.26. The molecule has 1 atom stereocenters. The number of carbonyl (C=O) groups is 1. The summed E-state index contributed by atoms with van der Waals surface area (Å²) in [6, 6.07) is 7.22. The van der Waals surface area contributed by atoms with Crippen molar-refractivity contribution in [2.24, 2.45) is 0 Å². The lowest BCUT2D eigenvalue weighted by Gasteiger charge is -2.06. The van der Waals surface area contributed by atoms with Gasteiger partial charge in [-0.25, -0.2) is 4.98 Å². The van der Waals surface area contributed by atoms with E-state index in [-0.39, 0.29) is 23.1 Å². The third-order valence-corrected chi connectivity index (χ3v) is 5.13. The summed E-state index contributed by atoms with van der Waals surface area (Å²) in [6.07, 6.45) is 2.33. The van der Waals surface area contributed by atoms with Crippen molar-refractivity contribution in [2.45, 2.75) is 33.1 Å². The number of nitrogens with one attached hydrogen (secondary N) is 1. The Morgan fingerprint density at radius 3 is 2.83 bits per heavy atom. The molecule has 3 rings (SSSR count). The minimum Gasteiger partial charge on any atom is -0.316 e. The average Bonchev–Trinajstić information content (AvgIpc) is 3.02. The van der Waals surface area contributed by atoms with Crippen LogP contribution in [0.3, 0.4) is 0 Å². The van der Waals surface area contributed by atoms with Crippen molar-refractivity contribution in [3.63, 3.8) is 0 Å². The van der Waals surface area contributed by atoms with E-state index >= 15 is 0 Å². The first-order valence-electron chi connectivity index (χ1n) is 7.77. The SMILES string of the molecule is CCC(C)c1nn2c(=O)c(NC(=O)c3ccccc3C)cnc2s1. The fourth-order valence-corrected chi connectivity index (χ4v) is 3.27. The number of nitrogens with zero attached hydrogens (tertiary/aromatic N) is 3. The van der Waals surface area contributed by atoms with Crippen LogP contribution in [0, 0.1) is 6.92 Å². The van der Waals surface area contributed by atoms with E-state index in [4.69, 9.17) is 0 Å². The highest BCUT2D eigenvalue weighted by Gasteiger charge is 2.16. The van der Waals surface area contributed by atoms with Crippen molar-refractivity contribution >= 4 is 27.9 Å². The van der Waals surface area contributed by atoms with Gasteiger partial charge in [-0.05, 0) is 25.0 Å². The number of anilines is 1. The van der Waals surface area contributed by atoms with Gasteiger partial charge in [0.1, 0.15) is 10.7 Å². The lowest BCUT2D eigenvalue weighted by molar-refractivity contribution is 0.102. The van der Waals surface area contributed by atoms with E-state index in [1.54, 1.807) is 12.1 Å². The van der Waals surface area contributed by atoms with Crippen LogP contribution in [-0.4, -0.2) is 20.5 Å². The maximum Gasteiger partial charge on any atom is 0.298 e. The first-order chi connectivity index (χ1) is 11.5. The predicted octanol–water partition coefficient (Wildman–Crippen LogP) is 3.23. The Morgan fingerprint density at radius 1 is 1.38 bits per heavy atom. The second-order valence-corrected chi connectivity index (χ2v) is 6.68. The van der Waals surface area contributed by atoms with E-state index in [1.165, 1.54) is 22.0 Å². The molecule has 0 radical (unpaired) electrons. The molecule has 1 N–H and O–H groups in total. The maximum atomic E-state index is 12.6. The number of rotatable bonds is 4. The summed E-state index contributed by atoms with van der Waals surface area (Å²) in [5.41, 5.74) is 1.13. The molecule has 0 aliphatic heterocycles. The zero-order valence-electron chi connectivity index (χ0n) is 13.7. The Bertz CT molecular complexity index is 961. The van der Waals surface area contributed by atoms with Gasteiger partial charge in [0.2, 0.25) is 4.96 Å². The van der Waals surface area contributed by atoms with Crippen LogP contribution in [0.1, 0.15) is 47.1 Å². The summed E-state index contributed by atoms with van der Waals surface area (Å²) in [7, 11) is 0. The minimum absolute atomic E-state index is 0.127. The van der Waals surface area contributed by atoms with E-state index in [0.717, 1.165) is 17.0 Å². The highest BCUT2D eigenvalue weighted by atomic mass is 32.1. The highest BCUT2D eigenvalue weighted by Crippen LogP contribution is 2.23. The standard InChI is InChI=1S/C17H18N4O2S/c1-4-10(2)15-20-21-16(23)13(9-18-17(21)24-15)19-14(22)12-8-6-5-7-11(12)3/h5-10H,4H2,1-3H3,(H,19,22). The van der Waals surface area contributed by atoms with Crippen LogP contribution in [0.2, 0.25) is 0 Å². The molecule has 0 fully saturated rings. The third kappa shape index (κ3) is 2.94. The lowest BCUT2D eigenvalue weighted by Crippen LogP contribution is -2.24. The van der Waals surface area contributed by atoms with Crippen molar-refractivity contribution in [2.75, 3.05) is 5.32 Å². The lowest BCUT2D eigenvalue weighted by atomic mass is 10.1. The topological polar surface area (TPSA) is 76.4 Å². The van der Waals surface area contributed by atoms with E-state index in [0.29, 0.717) is 10.5 Å². The second kappa shape index (κ2) is 6.52. The zero-order valence-corrected chi connectivity index (χ0v) is 14.6. The first kappa shape index (κ1) is 16.3. The van der Waals surface area contributed by atoms with Crippen molar-refractivity contribution < 1.29 is 4.79 Å². The molecule has 7 heteroatoms. The van der Waals surface area contributed by atoms with Gasteiger partial charge in [-0.2, -0.15) is 9.61 Å². The molecular formula is C17H18N4O2S. The Hall–Kier alpha value is -2.54. The van der Waals surface area contributed by atoms with Crippen molar-refractivity contribution in [1.29, 1.82) is 0 Å². The smallest absolute Gasteiger partial charge is 0.298 e. The predicted molar refractivity (Wildman–Crippen MR) is 95.0 cm³/mol. The van der Waals surface area contributed by atoms with E-state index in [2.05, 4.69) is 29.2 Å². The molecule has 0 bridgehead atoms. The molecule has 0 saturated heterocycles. The molecule has 0 spiro atoms. The fourth-order valence-electron chi connectivity index (χ4n) is 2.28. The van der Waals surface area contributed by atoms with Crippen LogP contribution in [-0.2, 0) is 0 Å². The zero-order chi connectivity index (χ0) is 17.3. The van der Waals surface area contributed by atoms with Crippen LogP contribution in [0.25, 0.3) is 4.96 Å². The molecule has 2 aromatic heterocycles. The van der Waals surface area contributed by atoms with Crippen molar-refractivity contribution in [3.8, 4) is 0 Å². The molecule has 1 unspecified atom stereocenters. The van der Waals surface area contributed by atoms with Gasteiger partial charge in [0.05, 0.1) is 6.20 Å². The Labute approximate surface area is 143 Å². The molecule has 1 aromatic carbocycles. The van der Waals surface area contributed by atoms with Crippen LogP contribution in [0.15, 0.2) is 35.3 Å². The van der Waals surface area contributed by atoms with Gasteiger partial charge < -0.3 is 5.32 Å². The fraction of sp³-hybridized carbons (Fsp3) is 0.294. The summed E-state index contributed by atoms with van der Waals surface area (Å²) in [5, 5.41) is 7.86. The summed E-state index contributed by atoms with van der Waals surface area (Å²) in [6.45, 7) is 5.98. The molecule has 6 nitrogen and oxygen atoms in total. The number of aromatic nitrogens is 3. The van der Waals surface area contributed by atoms with E-state index in [9.17, 15) is 9.59 Å². The first-order valence-corrected chi connectivity index (χ1v) is 8.58. The molecule has 2 heterocycles. The van der Waals surface area contributed by atoms with Gasteiger partial charge in [-0.3, -0.25) is 9.59 Å². The minimum atomic E-state index is -0.368. The number of amides is 1. The molecule has 0 aliphatic rings. The number of benzene rings is 1. The van der Waals surface area contributed by atoms with Crippen molar-refractivity contribution in [3.05, 3.63) is 57.0 Å². The van der Waals surface area contributed by atoms with E-state index in [1.807, 2.05) is 19.1 Å². The number of hydrogen-bond donors (Lipinski definition) is 1. The molecular weight excluding hydrogens is 324 g/mol.